The monoisotopic (exact) mass is 278 g/mol. The SMILES string of the molecule is CCCCOc1cc(/C=C/C(=O)C(=O)O)ccc1OC. The van der Waals surface area contributed by atoms with Crippen LogP contribution in [0.25, 0.3) is 6.08 Å². The molecule has 0 radical (unpaired) electrons. The smallest absolute Gasteiger partial charge is 0.376 e. The first kappa shape index (κ1) is 15.8. The van der Waals surface area contributed by atoms with Crippen LogP contribution in [-0.4, -0.2) is 30.6 Å². The number of hydrogen-bond donors (Lipinski definition) is 1. The van der Waals surface area contributed by atoms with Crippen LogP contribution in [0.1, 0.15) is 25.3 Å². The third kappa shape index (κ3) is 4.76. The minimum Gasteiger partial charge on any atom is -0.493 e. The second-order valence-corrected chi connectivity index (χ2v) is 4.12. The van der Waals surface area contributed by atoms with Crippen molar-refractivity contribution in [1.29, 1.82) is 0 Å². The van der Waals surface area contributed by atoms with Gasteiger partial charge in [-0.2, -0.15) is 0 Å². The Kier molecular flexibility index (Phi) is 6.29. The molecule has 5 nitrogen and oxygen atoms in total. The number of ether oxygens (including phenoxy) is 2. The quantitative estimate of drug-likeness (QED) is 0.449. The van der Waals surface area contributed by atoms with E-state index in [9.17, 15) is 9.59 Å². The minimum atomic E-state index is -1.48. The van der Waals surface area contributed by atoms with Crippen molar-refractivity contribution in [1.82, 2.24) is 0 Å². The molecule has 0 atom stereocenters. The fraction of sp³-hybridized carbons (Fsp3) is 0.333. The highest BCUT2D eigenvalue weighted by molar-refractivity contribution is 6.38. The van der Waals surface area contributed by atoms with E-state index < -0.39 is 11.8 Å². The predicted molar refractivity (Wildman–Crippen MR) is 75.1 cm³/mol. The first-order valence-corrected chi connectivity index (χ1v) is 6.34. The topological polar surface area (TPSA) is 72.8 Å². The second kappa shape index (κ2) is 7.99. The number of hydrogen-bond acceptors (Lipinski definition) is 4. The zero-order valence-corrected chi connectivity index (χ0v) is 11.6. The number of carboxylic acids is 1. The van der Waals surface area contributed by atoms with E-state index in [1.54, 1.807) is 25.3 Å². The molecule has 1 N–H and O–H groups in total. The van der Waals surface area contributed by atoms with Crippen molar-refractivity contribution < 1.29 is 24.2 Å². The van der Waals surface area contributed by atoms with Gasteiger partial charge in [0.05, 0.1) is 13.7 Å². The lowest BCUT2D eigenvalue weighted by Crippen LogP contribution is -2.08. The largest absolute Gasteiger partial charge is 0.493 e. The minimum absolute atomic E-state index is 0.575. The molecule has 0 spiro atoms. The normalized spacial score (nSPS) is 10.5. The van der Waals surface area contributed by atoms with E-state index in [0.29, 0.717) is 23.7 Å². The lowest BCUT2D eigenvalue weighted by molar-refractivity contribution is -0.146. The number of carbonyl (C=O) groups is 2. The van der Waals surface area contributed by atoms with Gasteiger partial charge in [-0.05, 0) is 30.2 Å². The number of unbranched alkanes of at least 4 members (excludes halogenated alkanes) is 1. The van der Waals surface area contributed by atoms with Crippen LogP contribution < -0.4 is 9.47 Å². The molecule has 0 bridgehead atoms. The van der Waals surface area contributed by atoms with Crippen LogP contribution in [0.5, 0.6) is 11.5 Å². The molecule has 1 aromatic rings. The Morgan fingerprint density at radius 1 is 1.30 bits per heavy atom. The van der Waals surface area contributed by atoms with E-state index in [4.69, 9.17) is 14.6 Å². The Hall–Kier alpha value is -2.30. The molecular weight excluding hydrogens is 260 g/mol. The zero-order chi connectivity index (χ0) is 15.0. The molecule has 0 heterocycles. The second-order valence-electron chi connectivity index (χ2n) is 4.12. The maximum Gasteiger partial charge on any atom is 0.376 e. The third-order valence-corrected chi connectivity index (χ3v) is 2.58. The number of ketones is 1. The molecule has 20 heavy (non-hydrogen) atoms. The summed E-state index contributed by atoms with van der Waals surface area (Å²) in [5.41, 5.74) is 0.673. The molecule has 0 fully saturated rings. The van der Waals surface area contributed by atoms with Crippen LogP contribution in [0.3, 0.4) is 0 Å². The van der Waals surface area contributed by atoms with Crippen molar-refractivity contribution >= 4 is 17.8 Å². The average Bonchev–Trinajstić information content (AvgIpc) is 2.45. The summed E-state index contributed by atoms with van der Waals surface area (Å²) in [5.74, 6) is -1.27. The van der Waals surface area contributed by atoms with Gasteiger partial charge >= 0.3 is 5.97 Å². The van der Waals surface area contributed by atoms with Crippen molar-refractivity contribution in [2.45, 2.75) is 19.8 Å². The highest BCUT2D eigenvalue weighted by Crippen LogP contribution is 2.28. The van der Waals surface area contributed by atoms with Crippen molar-refractivity contribution in [3.05, 3.63) is 29.8 Å². The maximum atomic E-state index is 11.0. The van der Waals surface area contributed by atoms with Gasteiger partial charge in [-0.3, -0.25) is 4.79 Å². The van der Waals surface area contributed by atoms with E-state index in [0.717, 1.165) is 18.9 Å². The van der Waals surface area contributed by atoms with Gasteiger partial charge in [0.2, 0.25) is 0 Å². The van der Waals surface area contributed by atoms with Gasteiger partial charge in [-0.15, -0.1) is 0 Å². The summed E-state index contributed by atoms with van der Waals surface area (Å²) in [6, 6.07) is 5.14. The lowest BCUT2D eigenvalue weighted by Gasteiger charge is -2.10. The van der Waals surface area contributed by atoms with E-state index in [-0.39, 0.29) is 0 Å². The molecule has 1 aromatic carbocycles. The highest BCUT2D eigenvalue weighted by Gasteiger charge is 2.07. The van der Waals surface area contributed by atoms with Crippen molar-refractivity contribution in [3.63, 3.8) is 0 Å². The molecule has 0 aliphatic carbocycles. The molecule has 0 unspecified atom stereocenters. The highest BCUT2D eigenvalue weighted by atomic mass is 16.5. The fourth-order valence-corrected chi connectivity index (χ4v) is 1.48. The molecule has 108 valence electrons. The van der Waals surface area contributed by atoms with Gasteiger partial charge in [0, 0.05) is 0 Å². The molecule has 0 saturated heterocycles. The standard InChI is InChI=1S/C15H18O5/c1-3-4-9-20-14-10-11(6-8-13(14)19-2)5-7-12(16)15(17)18/h5-8,10H,3-4,9H2,1-2H3,(H,17,18)/b7-5+. The first-order chi connectivity index (χ1) is 9.58. The van der Waals surface area contributed by atoms with E-state index in [2.05, 4.69) is 6.92 Å². The predicted octanol–water partition coefficient (Wildman–Crippen LogP) is 2.54. The third-order valence-electron chi connectivity index (χ3n) is 2.58. The van der Waals surface area contributed by atoms with Crippen molar-refractivity contribution in [2.75, 3.05) is 13.7 Å². The summed E-state index contributed by atoms with van der Waals surface area (Å²) in [6.07, 6.45) is 4.40. The Bertz CT molecular complexity index is 505. The Morgan fingerprint density at radius 3 is 2.65 bits per heavy atom. The van der Waals surface area contributed by atoms with Gasteiger partial charge in [-0.25, -0.2) is 4.79 Å². The van der Waals surface area contributed by atoms with Gasteiger partial charge in [0.25, 0.3) is 5.78 Å². The molecule has 0 aliphatic heterocycles. The summed E-state index contributed by atoms with van der Waals surface area (Å²) in [7, 11) is 1.55. The number of benzene rings is 1. The number of rotatable bonds is 8. The van der Waals surface area contributed by atoms with Crippen LogP contribution >= 0.6 is 0 Å². The average molecular weight is 278 g/mol. The number of carboxylic acid groups (broad SMARTS) is 1. The van der Waals surface area contributed by atoms with Gasteiger partial charge < -0.3 is 14.6 Å². The molecule has 0 aromatic heterocycles. The summed E-state index contributed by atoms with van der Waals surface area (Å²) in [5, 5.41) is 8.49. The maximum absolute atomic E-state index is 11.0. The molecule has 1 rings (SSSR count). The molecule has 0 amide bonds. The van der Waals surface area contributed by atoms with Gasteiger partial charge in [-0.1, -0.05) is 25.5 Å². The van der Waals surface area contributed by atoms with Crippen LogP contribution in [0, 0.1) is 0 Å². The fourth-order valence-electron chi connectivity index (χ4n) is 1.48. The van der Waals surface area contributed by atoms with Gasteiger partial charge in [0.1, 0.15) is 0 Å². The van der Waals surface area contributed by atoms with Crippen LogP contribution in [-0.2, 0) is 9.59 Å². The Morgan fingerprint density at radius 2 is 2.05 bits per heavy atom. The van der Waals surface area contributed by atoms with Crippen LogP contribution in [0.15, 0.2) is 24.3 Å². The van der Waals surface area contributed by atoms with Gasteiger partial charge in [0.15, 0.2) is 11.5 Å². The lowest BCUT2D eigenvalue weighted by atomic mass is 10.1. The Balaban J connectivity index is 2.85. The molecule has 5 heteroatoms. The Labute approximate surface area is 117 Å². The molecule has 0 aliphatic rings. The van der Waals surface area contributed by atoms with Crippen molar-refractivity contribution in [3.8, 4) is 11.5 Å². The van der Waals surface area contributed by atoms with Crippen LogP contribution in [0.4, 0.5) is 0 Å². The number of carbonyl (C=O) groups excluding carboxylic acids is 1. The number of methoxy groups -OCH3 is 1. The molecule has 0 saturated carbocycles. The summed E-state index contributed by atoms with van der Waals surface area (Å²) >= 11 is 0. The zero-order valence-electron chi connectivity index (χ0n) is 11.6. The number of aliphatic carboxylic acids is 1. The summed E-state index contributed by atoms with van der Waals surface area (Å²) in [4.78, 5) is 21.4. The molecular formula is C15H18O5. The van der Waals surface area contributed by atoms with Crippen molar-refractivity contribution in [2.24, 2.45) is 0 Å². The summed E-state index contributed by atoms with van der Waals surface area (Å²) < 4.78 is 10.8. The van der Waals surface area contributed by atoms with E-state index in [1.165, 1.54) is 6.08 Å². The van der Waals surface area contributed by atoms with E-state index in [1.807, 2.05) is 0 Å². The first-order valence-electron chi connectivity index (χ1n) is 6.34. The van der Waals surface area contributed by atoms with Crippen LogP contribution in [0.2, 0.25) is 0 Å². The van der Waals surface area contributed by atoms with E-state index >= 15 is 0 Å². The summed E-state index contributed by atoms with van der Waals surface area (Å²) in [6.45, 7) is 2.64.